The fraction of sp³-hybridized carbons (Fsp3) is 0.300. The molecule has 4 nitrogen and oxygen atoms in total. The average molecular weight is 433 g/mol. The molecule has 1 aliphatic rings. The van der Waals surface area contributed by atoms with Crippen molar-refractivity contribution in [3.05, 3.63) is 58.1 Å². The van der Waals surface area contributed by atoms with Crippen LogP contribution >= 0.6 is 27.7 Å². The molecule has 2 aromatic carbocycles. The third-order valence-corrected chi connectivity index (χ3v) is 5.97. The molecule has 0 bridgehead atoms. The zero-order chi connectivity index (χ0) is 18.5. The van der Waals surface area contributed by atoms with Crippen LogP contribution in [0.5, 0.6) is 0 Å². The van der Waals surface area contributed by atoms with Gasteiger partial charge in [-0.05, 0) is 67.8 Å². The standard InChI is InChI=1S/C20H21BrN2O2S/c1-14-12-16(21)6-9-18(14)26-13-19(24)22-17-7-4-15(5-8-17)20(25)23-10-2-3-11-23/h4-9,12H,2-3,10-11,13H2,1H3,(H,22,24). The molecule has 1 heterocycles. The Balaban J connectivity index is 1.53. The zero-order valence-corrected chi connectivity index (χ0v) is 17.0. The monoisotopic (exact) mass is 432 g/mol. The number of rotatable bonds is 5. The summed E-state index contributed by atoms with van der Waals surface area (Å²) in [5, 5.41) is 2.88. The van der Waals surface area contributed by atoms with E-state index in [1.54, 1.807) is 24.3 Å². The molecule has 3 rings (SSSR count). The van der Waals surface area contributed by atoms with Crippen molar-refractivity contribution in [2.24, 2.45) is 0 Å². The fourth-order valence-electron chi connectivity index (χ4n) is 2.91. The van der Waals surface area contributed by atoms with E-state index in [0.717, 1.165) is 40.9 Å². The van der Waals surface area contributed by atoms with Gasteiger partial charge in [0.25, 0.3) is 5.91 Å². The van der Waals surface area contributed by atoms with Crippen LogP contribution in [0.2, 0.25) is 0 Å². The highest BCUT2D eigenvalue weighted by Gasteiger charge is 2.19. The molecule has 2 amide bonds. The van der Waals surface area contributed by atoms with Crippen molar-refractivity contribution in [3.63, 3.8) is 0 Å². The molecule has 1 aliphatic heterocycles. The molecule has 0 aliphatic carbocycles. The van der Waals surface area contributed by atoms with Crippen molar-refractivity contribution < 1.29 is 9.59 Å². The minimum Gasteiger partial charge on any atom is -0.339 e. The molecular weight excluding hydrogens is 412 g/mol. The number of hydrogen-bond acceptors (Lipinski definition) is 3. The van der Waals surface area contributed by atoms with Crippen molar-refractivity contribution in [1.29, 1.82) is 0 Å². The van der Waals surface area contributed by atoms with Crippen molar-refractivity contribution in [2.75, 3.05) is 24.2 Å². The van der Waals surface area contributed by atoms with Crippen LogP contribution in [0.3, 0.4) is 0 Å². The highest BCUT2D eigenvalue weighted by Crippen LogP contribution is 2.25. The van der Waals surface area contributed by atoms with E-state index in [2.05, 4.69) is 21.2 Å². The van der Waals surface area contributed by atoms with Gasteiger partial charge in [0.15, 0.2) is 0 Å². The summed E-state index contributed by atoms with van der Waals surface area (Å²) in [5.41, 5.74) is 2.52. The highest BCUT2D eigenvalue weighted by molar-refractivity contribution is 9.10. The molecule has 2 aromatic rings. The number of nitrogens with one attached hydrogen (secondary N) is 1. The quantitative estimate of drug-likeness (QED) is 0.694. The van der Waals surface area contributed by atoms with Crippen LogP contribution in [0.25, 0.3) is 0 Å². The third kappa shape index (κ3) is 4.89. The van der Waals surface area contributed by atoms with Crippen LogP contribution in [0.1, 0.15) is 28.8 Å². The number of aryl methyl sites for hydroxylation is 1. The molecule has 0 unspecified atom stereocenters. The van der Waals surface area contributed by atoms with Gasteiger partial charge in [-0.1, -0.05) is 15.9 Å². The van der Waals surface area contributed by atoms with Gasteiger partial charge in [0.1, 0.15) is 0 Å². The van der Waals surface area contributed by atoms with Gasteiger partial charge >= 0.3 is 0 Å². The number of likely N-dealkylation sites (tertiary alicyclic amines) is 1. The number of anilines is 1. The van der Waals surface area contributed by atoms with Gasteiger partial charge in [0, 0.05) is 33.7 Å². The third-order valence-electron chi connectivity index (χ3n) is 4.30. The number of thioether (sulfide) groups is 1. The topological polar surface area (TPSA) is 49.4 Å². The SMILES string of the molecule is Cc1cc(Br)ccc1SCC(=O)Nc1ccc(C(=O)N2CCCC2)cc1. The van der Waals surface area contributed by atoms with Crippen molar-refractivity contribution in [2.45, 2.75) is 24.7 Å². The van der Waals surface area contributed by atoms with E-state index in [1.807, 2.05) is 30.0 Å². The molecule has 1 saturated heterocycles. The maximum atomic E-state index is 12.3. The second-order valence-corrected chi connectivity index (χ2v) is 8.26. The van der Waals surface area contributed by atoms with Crippen LogP contribution < -0.4 is 5.32 Å². The largest absolute Gasteiger partial charge is 0.339 e. The van der Waals surface area contributed by atoms with E-state index in [4.69, 9.17) is 0 Å². The number of halogens is 1. The predicted octanol–water partition coefficient (Wildman–Crippen LogP) is 4.72. The minimum atomic E-state index is -0.0593. The molecule has 0 aromatic heterocycles. The Bertz CT molecular complexity index is 802. The lowest BCUT2D eigenvalue weighted by atomic mass is 10.2. The minimum absolute atomic E-state index is 0.0593. The molecule has 0 saturated carbocycles. The van der Waals surface area contributed by atoms with Gasteiger partial charge in [-0.2, -0.15) is 0 Å². The van der Waals surface area contributed by atoms with Crippen LogP contribution in [0.4, 0.5) is 5.69 Å². The van der Waals surface area contributed by atoms with Crippen LogP contribution in [-0.4, -0.2) is 35.6 Å². The number of benzene rings is 2. The van der Waals surface area contributed by atoms with E-state index >= 15 is 0 Å². The molecule has 0 atom stereocenters. The van der Waals surface area contributed by atoms with E-state index in [0.29, 0.717) is 17.0 Å². The predicted molar refractivity (Wildman–Crippen MR) is 110 cm³/mol. The average Bonchev–Trinajstić information content (AvgIpc) is 3.16. The normalized spacial score (nSPS) is 13.7. The summed E-state index contributed by atoms with van der Waals surface area (Å²) < 4.78 is 1.03. The highest BCUT2D eigenvalue weighted by atomic mass is 79.9. The summed E-state index contributed by atoms with van der Waals surface area (Å²) in [4.78, 5) is 27.5. The maximum absolute atomic E-state index is 12.3. The van der Waals surface area contributed by atoms with Crippen LogP contribution in [-0.2, 0) is 4.79 Å². The lowest BCUT2D eigenvalue weighted by molar-refractivity contribution is -0.113. The number of carbonyl (C=O) groups excluding carboxylic acids is 2. The Morgan fingerprint density at radius 3 is 2.46 bits per heavy atom. The molecule has 6 heteroatoms. The van der Waals surface area contributed by atoms with Crippen LogP contribution in [0.15, 0.2) is 51.8 Å². The van der Waals surface area contributed by atoms with Gasteiger partial charge in [-0.3, -0.25) is 9.59 Å². The van der Waals surface area contributed by atoms with Gasteiger partial charge in [-0.15, -0.1) is 11.8 Å². The summed E-state index contributed by atoms with van der Waals surface area (Å²) >= 11 is 4.96. The summed E-state index contributed by atoms with van der Waals surface area (Å²) in [6, 6.07) is 13.2. The molecule has 26 heavy (non-hydrogen) atoms. The van der Waals surface area contributed by atoms with E-state index in [-0.39, 0.29) is 11.8 Å². The fourth-order valence-corrected chi connectivity index (χ4v) is 4.20. The first kappa shape index (κ1) is 19.0. The zero-order valence-electron chi connectivity index (χ0n) is 14.6. The lowest BCUT2D eigenvalue weighted by Gasteiger charge is -2.15. The Labute approximate surface area is 166 Å². The van der Waals surface area contributed by atoms with Gasteiger partial charge in [0.05, 0.1) is 5.75 Å². The Kier molecular flexibility index (Phi) is 6.38. The smallest absolute Gasteiger partial charge is 0.253 e. The van der Waals surface area contributed by atoms with E-state index in [1.165, 1.54) is 11.8 Å². The maximum Gasteiger partial charge on any atom is 0.253 e. The second kappa shape index (κ2) is 8.73. The Hall–Kier alpha value is -1.79. The molecular formula is C20H21BrN2O2S. The first-order chi connectivity index (χ1) is 12.5. The van der Waals surface area contributed by atoms with E-state index in [9.17, 15) is 9.59 Å². The van der Waals surface area contributed by atoms with E-state index < -0.39 is 0 Å². The van der Waals surface area contributed by atoms with Gasteiger partial charge in [0.2, 0.25) is 5.91 Å². The van der Waals surface area contributed by atoms with Gasteiger partial charge in [-0.25, -0.2) is 0 Å². The van der Waals surface area contributed by atoms with Gasteiger partial charge < -0.3 is 10.2 Å². The molecule has 0 spiro atoms. The number of hydrogen-bond donors (Lipinski definition) is 1. The Morgan fingerprint density at radius 1 is 1.12 bits per heavy atom. The first-order valence-corrected chi connectivity index (χ1v) is 10.4. The van der Waals surface area contributed by atoms with Crippen LogP contribution in [0, 0.1) is 6.92 Å². The second-order valence-electron chi connectivity index (χ2n) is 6.32. The summed E-state index contributed by atoms with van der Waals surface area (Å²) in [6.45, 7) is 3.70. The number of nitrogens with zero attached hydrogens (tertiary/aromatic N) is 1. The Morgan fingerprint density at radius 2 is 1.81 bits per heavy atom. The molecule has 0 radical (unpaired) electrons. The van der Waals surface area contributed by atoms with Crippen molar-refractivity contribution in [1.82, 2.24) is 4.90 Å². The number of amides is 2. The summed E-state index contributed by atoms with van der Waals surface area (Å²) in [5.74, 6) is 0.356. The first-order valence-electron chi connectivity index (χ1n) is 8.61. The van der Waals surface area contributed by atoms with Crippen molar-refractivity contribution >= 4 is 45.2 Å². The molecule has 136 valence electrons. The summed E-state index contributed by atoms with van der Waals surface area (Å²) in [7, 11) is 0. The van der Waals surface area contributed by atoms with Crippen molar-refractivity contribution in [3.8, 4) is 0 Å². The molecule has 1 fully saturated rings. The lowest BCUT2D eigenvalue weighted by Crippen LogP contribution is -2.27. The molecule has 1 N–H and O–H groups in total. The number of carbonyl (C=O) groups is 2. The summed E-state index contributed by atoms with van der Waals surface area (Å²) in [6.07, 6.45) is 2.16.